The number of phenols is 1. The molecule has 2 N–H and O–H groups in total. The van der Waals surface area contributed by atoms with Crippen molar-refractivity contribution >= 4 is 27.5 Å². The van der Waals surface area contributed by atoms with Crippen molar-refractivity contribution in [3.05, 3.63) is 53.4 Å². The summed E-state index contributed by atoms with van der Waals surface area (Å²) in [7, 11) is 0. The smallest absolute Gasteiger partial charge is 0.319 e. The molecule has 4 aliphatic heterocycles. The summed E-state index contributed by atoms with van der Waals surface area (Å²) in [4.78, 5) is 18.9. The molecule has 2 bridgehead atoms. The quantitative estimate of drug-likeness (QED) is 0.238. The molecule has 0 spiro atoms. The Balaban J connectivity index is 1.19. The van der Waals surface area contributed by atoms with Gasteiger partial charge in [0.2, 0.25) is 5.88 Å². The van der Waals surface area contributed by atoms with Crippen molar-refractivity contribution in [2.75, 3.05) is 37.7 Å². The predicted molar refractivity (Wildman–Crippen MR) is 180 cm³/mol. The standard InChI is InChI=1S/C37H39F3N6O3/c1-3-24-26(39)6-4-21-12-23(47)13-25(28(21)24)31-30(40)32-29-34(46-16-22-5-7-27(41-22)33(46)19(2)49-35(29)42-31)44-36(43-32)48-18-37(9-10-37)17-45-11-8-20(14-38)15-45/h4,6,12-14,19,22,27,33,41,47H,3,5,7-11,15-18H2,1-2H3. The summed E-state index contributed by atoms with van der Waals surface area (Å²) in [5, 5.41) is 15.9. The number of piperazine rings is 1. The van der Waals surface area contributed by atoms with Crippen LogP contribution in [0.2, 0.25) is 0 Å². The normalized spacial score (nSPS) is 26.3. The van der Waals surface area contributed by atoms with E-state index in [1.54, 1.807) is 12.1 Å². The molecular formula is C37H39F3N6O3. The minimum Gasteiger partial charge on any atom is -0.508 e. The number of halogens is 3. The Morgan fingerprint density at radius 3 is 2.78 bits per heavy atom. The molecule has 4 aromatic rings. The number of rotatable bonds is 7. The van der Waals surface area contributed by atoms with Gasteiger partial charge in [0.15, 0.2) is 5.82 Å². The Kier molecular flexibility index (Phi) is 7.21. The van der Waals surface area contributed by atoms with Gasteiger partial charge in [0.1, 0.15) is 40.1 Å². The van der Waals surface area contributed by atoms with E-state index >= 15 is 8.78 Å². The Labute approximate surface area is 282 Å². The van der Waals surface area contributed by atoms with Gasteiger partial charge in [-0.15, -0.1) is 0 Å². The first-order chi connectivity index (χ1) is 23.7. The Morgan fingerprint density at radius 2 is 2.00 bits per heavy atom. The van der Waals surface area contributed by atoms with E-state index in [9.17, 15) is 9.50 Å². The summed E-state index contributed by atoms with van der Waals surface area (Å²) >= 11 is 0. The van der Waals surface area contributed by atoms with Crippen LogP contribution < -0.4 is 19.7 Å². The second-order valence-electron chi connectivity index (χ2n) is 14.6. The van der Waals surface area contributed by atoms with Crippen molar-refractivity contribution in [3.63, 3.8) is 0 Å². The lowest BCUT2D eigenvalue weighted by Gasteiger charge is -2.42. The van der Waals surface area contributed by atoms with Crippen LogP contribution >= 0.6 is 0 Å². The highest BCUT2D eigenvalue weighted by Gasteiger charge is 2.48. The van der Waals surface area contributed by atoms with E-state index in [1.165, 1.54) is 12.1 Å². The predicted octanol–water partition coefficient (Wildman–Crippen LogP) is 6.20. The second kappa shape index (κ2) is 11.4. The Bertz CT molecular complexity index is 2040. The SMILES string of the molecule is CCc1c(F)ccc2cc(O)cc(-c3nc4c5c(nc(OCC6(CN7CCC(=CF)C7)CC6)nc5c3F)N3CC5CCC(N5)C3C(C)O4)c12. The van der Waals surface area contributed by atoms with Crippen LogP contribution in [0.1, 0.15) is 51.5 Å². The number of likely N-dealkylation sites (tertiary alicyclic amines) is 1. The minimum absolute atomic E-state index is 0.00629. The van der Waals surface area contributed by atoms with E-state index < -0.39 is 11.6 Å². The Hall–Kier alpha value is -4.16. The molecule has 5 aliphatic rings. The van der Waals surface area contributed by atoms with E-state index in [0.29, 0.717) is 53.7 Å². The van der Waals surface area contributed by atoms with Crippen molar-refractivity contribution in [1.29, 1.82) is 0 Å². The fraction of sp³-hybridized carbons (Fsp3) is 0.486. The van der Waals surface area contributed by atoms with Crippen LogP contribution in [0.3, 0.4) is 0 Å². The summed E-state index contributed by atoms with van der Waals surface area (Å²) in [6.45, 7) is 7.08. The van der Waals surface area contributed by atoms with E-state index in [4.69, 9.17) is 24.4 Å². The van der Waals surface area contributed by atoms with Gasteiger partial charge < -0.3 is 24.8 Å². The largest absolute Gasteiger partial charge is 0.508 e. The first-order valence-electron chi connectivity index (χ1n) is 17.4. The second-order valence-corrected chi connectivity index (χ2v) is 14.6. The summed E-state index contributed by atoms with van der Waals surface area (Å²) in [6, 6.07) is 6.32. The number of nitrogens with zero attached hydrogens (tertiary/aromatic N) is 5. The van der Waals surface area contributed by atoms with Crippen molar-refractivity contribution in [1.82, 2.24) is 25.2 Å². The number of aryl methyl sites for hydroxylation is 1. The number of fused-ring (bicyclic) bond motifs is 6. The number of hydrogen-bond donors (Lipinski definition) is 2. The van der Waals surface area contributed by atoms with E-state index in [2.05, 4.69) is 15.1 Å². The number of ether oxygens (including phenoxy) is 2. The van der Waals surface area contributed by atoms with Gasteiger partial charge in [-0.25, -0.2) is 18.2 Å². The molecular weight excluding hydrogens is 633 g/mol. The molecule has 4 fully saturated rings. The van der Waals surface area contributed by atoms with Crippen LogP contribution in [-0.4, -0.2) is 82.0 Å². The average molecular weight is 673 g/mol. The number of pyridine rings is 1. The molecule has 9 nitrogen and oxygen atoms in total. The number of phenolic OH excluding ortho intramolecular Hbond substituents is 1. The number of aromatic hydroxyl groups is 1. The summed E-state index contributed by atoms with van der Waals surface area (Å²) in [6.07, 6.45) is 5.45. The molecule has 0 amide bonds. The summed E-state index contributed by atoms with van der Waals surface area (Å²) in [5.74, 6) is -0.496. The third kappa shape index (κ3) is 5.09. The molecule has 4 unspecified atom stereocenters. The highest BCUT2D eigenvalue weighted by molar-refractivity contribution is 6.03. The number of nitrogens with one attached hydrogen (secondary N) is 1. The molecule has 0 radical (unpaired) electrons. The number of anilines is 1. The lowest BCUT2D eigenvalue weighted by atomic mass is 9.94. The summed E-state index contributed by atoms with van der Waals surface area (Å²) < 4.78 is 58.5. The fourth-order valence-corrected chi connectivity index (χ4v) is 8.75. The van der Waals surface area contributed by atoms with Gasteiger partial charge in [-0.05, 0) is 85.6 Å². The summed E-state index contributed by atoms with van der Waals surface area (Å²) in [5.41, 5.74) is 1.29. The van der Waals surface area contributed by atoms with Crippen LogP contribution in [0, 0.1) is 17.0 Å². The molecule has 256 valence electrons. The Morgan fingerprint density at radius 1 is 1.14 bits per heavy atom. The number of hydrogen-bond acceptors (Lipinski definition) is 9. The molecule has 49 heavy (non-hydrogen) atoms. The average Bonchev–Trinajstić information content (AvgIpc) is 3.57. The van der Waals surface area contributed by atoms with Crippen LogP contribution in [0.25, 0.3) is 32.9 Å². The molecule has 2 aromatic heterocycles. The highest BCUT2D eigenvalue weighted by atomic mass is 19.1. The van der Waals surface area contributed by atoms with Crippen LogP contribution in [0.5, 0.6) is 17.6 Å². The van der Waals surface area contributed by atoms with Gasteiger partial charge in [0.05, 0.1) is 19.0 Å². The van der Waals surface area contributed by atoms with Crippen molar-refractivity contribution in [3.8, 4) is 28.9 Å². The molecule has 1 saturated carbocycles. The van der Waals surface area contributed by atoms with Crippen LogP contribution in [-0.2, 0) is 6.42 Å². The van der Waals surface area contributed by atoms with Crippen LogP contribution in [0.15, 0.2) is 36.2 Å². The van der Waals surface area contributed by atoms with Gasteiger partial charge in [-0.2, -0.15) is 9.97 Å². The monoisotopic (exact) mass is 672 g/mol. The van der Waals surface area contributed by atoms with Gasteiger partial charge in [-0.1, -0.05) is 13.0 Å². The van der Waals surface area contributed by atoms with Gasteiger partial charge >= 0.3 is 6.01 Å². The molecule has 2 aromatic carbocycles. The molecule has 4 atom stereocenters. The maximum atomic E-state index is 17.2. The first-order valence-corrected chi connectivity index (χ1v) is 17.4. The van der Waals surface area contributed by atoms with Gasteiger partial charge in [-0.3, -0.25) is 4.90 Å². The van der Waals surface area contributed by atoms with Gasteiger partial charge in [0, 0.05) is 49.2 Å². The lowest BCUT2D eigenvalue weighted by molar-refractivity contribution is 0.154. The molecule has 1 aliphatic carbocycles. The van der Waals surface area contributed by atoms with Crippen LogP contribution in [0.4, 0.5) is 19.0 Å². The molecule has 6 heterocycles. The van der Waals surface area contributed by atoms with Crippen molar-refractivity contribution < 1.29 is 27.8 Å². The highest BCUT2D eigenvalue weighted by Crippen LogP contribution is 2.49. The zero-order valence-corrected chi connectivity index (χ0v) is 27.6. The van der Waals surface area contributed by atoms with Gasteiger partial charge in [0.25, 0.3) is 0 Å². The zero-order valence-electron chi connectivity index (χ0n) is 27.6. The first kappa shape index (κ1) is 30.9. The van der Waals surface area contributed by atoms with E-state index in [1.807, 2.05) is 13.8 Å². The van der Waals surface area contributed by atoms with E-state index in [0.717, 1.165) is 57.1 Å². The van der Waals surface area contributed by atoms with Crippen molar-refractivity contribution in [2.24, 2.45) is 5.41 Å². The maximum absolute atomic E-state index is 17.2. The molecule has 3 saturated heterocycles. The zero-order chi connectivity index (χ0) is 33.6. The third-order valence-corrected chi connectivity index (χ3v) is 11.3. The van der Waals surface area contributed by atoms with Crippen molar-refractivity contribution in [2.45, 2.75) is 76.6 Å². The topological polar surface area (TPSA) is 95.9 Å². The van der Waals surface area contributed by atoms with E-state index in [-0.39, 0.29) is 64.1 Å². The molecule has 9 rings (SSSR count). The lowest BCUT2D eigenvalue weighted by Crippen LogP contribution is -2.62. The fourth-order valence-electron chi connectivity index (χ4n) is 8.75. The number of aromatic nitrogens is 3. The maximum Gasteiger partial charge on any atom is 0.319 e. The third-order valence-electron chi connectivity index (χ3n) is 11.3. The minimum atomic E-state index is -0.720. The number of benzene rings is 2. The molecule has 12 heteroatoms.